The van der Waals surface area contributed by atoms with Crippen LogP contribution < -0.4 is 5.32 Å². The molecule has 6 rings (SSSR count). The molecule has 7 nitrogen and oxygen atoms in total. The molecule has 0 radical (unpaired) electrons. The second kappa shape index (κ2) is 6.49. The molecule has 2 aliphatic rings. The van der Waals surface area contributed by atoms with Gasteiger partial charge in [0.1, 0.15) is 11.0 Å². The van der Waals surface area contributed by atoms with E-state index in [0.29, 0.717) is 22.2 Å². The molecule has 31 heavy (non-hydrogen) atoms. The molecule has 0 amide bonds. The van der Waals surface area contributed by atoms with E-state index in [0.717, 1.165) is 32.4 Å². The maximum atomic E-state index is 14.9. The highest BCUT2D eigenvalue weighted by atomic mass is 19.3. The van der Waals surface area contributed by atoms with Crippen LogP contribution in [0.15, 0.2) is 24.4 Å². The third kappa shape index (κ3) is 2.92. The SMILES string of the molecule is Cc1cn2nc(-c3cc(F)c4nn([C@@H]5CCC6(CNC6)C5)nc4c3)cc(C(F)F)c2n1. The zero-order chi connectivity index (χ0) is 21.3. The number of hydrogen-bond donors (Lipinski definition) is 1. The van der Waals surface area contributed by atoms with Crippen molar-refractivity contribution in [2.45, 2.75) is 38.7 Å². The van der Waals surface area contributed by atoms with Gasteiger partial charge in [0.05, 0.1) is 29.2 Å². The van der Waals surface area contributed by atoms with Crippen LogP contribution in [0.2, 0.25) is 0 Å². The van der Waals surface area contributed by atoms with Crippen LogP contribution in [0.4, 0.5) is 13.2 Å². The Hall–Kier alpha value is -3.01. The van der Waals surface area contributed by atoms with Crippen molar-refractivity contribution in [1.82, 2.24) is 34.9 Å². The molecule has 0 unspecified atom stereocenters. The summed E-state index contributed by atoms with van der Waals surface area (Å²) in [5, 5.41) is 16.6. The Labute approximate surface area is 175 Å². The molecule has 1 saturated heterocycles. The summed E-state index contributed by atoms with van der Waals surface area (Å²) in [5.41, 5.74) is 1.94. The van der Waals surface area contributed by atoms with Gasteiger partial charge in [0.2, 0.25) is 0 Å². The second-order valence-electron chi connectivity index (χ2n) is 8.78. The first kappa shape index (κ1) is 18.7. The first-order valence-corrected chi connectivity index (χ1v) is 10.3. The van der Waals surface area contributed by atoms with E-state index in [2.05, 4.69) is 25.6 Å². The molecule has 1 spiro atoms. The van der Waals surface area contributed by atoms with Crippen LogP contribution in [0.3, 0.4) is 0 Å². The van der Waals surface area contributed by atoms with Crippen LogP contribution in [0.25, 0.3) is 27.9 Å². The second-order valence-corrected chi connectivity index (χ2v) is 8.78. The van der Waals surface area contributed by atoms with E-state index in [4.69, 9.17) is 0 Å². The Bertz CT molecular complexity index is 1320. The number of benzene rings is 1. The van der Waals surface area contributed by atoms with E-state index in [9.17, 15) is 13.2 Å². The van der Waals surface area contributed by atoms with Gasteiger partial charge in [-0.25, -0.2) is 22.7 Å². The minimum Gasteiger partial charge on any atom is -0.316 e. The van der Waals surface area contributed by atoms with Crippen LogP contribution >= 0.6 is 0 Å². The predicted molar refractivity (Wildman–Crippen MR) is 107 cm³/mol. The van der Waals surface area contributed by atoms with Crippen molar-refractivity contribution < 1.29 is 13.2 Å². The first-order valence-electron chi connectivity index (χ1n) is 10.3. The van der Waals surface area contributed by atoms with Crippen molar-refractivity contribution in [3.05, 3.63) is 41.5 Å². The molecular formula is C21H20F3N7. The zero-order valence-electron chi connectivity index (χ0n) is 16.8. The molecule has 4 heterocycles. The first-order chi connectivity index (χ1) is 14.9. The van der Waals surface area contributed by atoms with Crippen LogP contribution in [-0.4, -0.2) is 42.7 Å². The Morgan fingerprint density at radius 2 is 2.00 bits per heavy atom. The topological polar surface area (TPSA) is 72.9 Å². The summed E-state index contributed by atoms with van der Waals surface area (Å²) in [6, 6.07) is 4.35. The number of halogens is 3. The molecular weight excluding hydrogens is 407 g/mol. The maximum Gasteiger partial charge on any atom is 0.267 e. The van der Waals surface area contributed by atoms with Gasteiger partial charge in [0.25, 0.3) is 6.43 Å². The normalized spacial score (nSPS) is 20.4. The summed E-state index contributed by atoms with van der Waals surface area (Å²) >= 11 is 0. The highest BCUT2D eigenvalue weighted by Gasteiger charge is 2.44. The van der Waals surface area contributed by atoms with Crippen molar-refractivity contribution in [2.75, 3.05) is 13.1 Å². The smallest absolute Gasteiger partial charge is 0.267 e. The molecule has 1 saturated carbocycles. The predicted octanol–water partition coefficient (Wildman–Crippen LogP) is 3.84. The number of aromatic nitrogens is 6. The molecule has 3 aromatic heterocycles. The van der Waals surface area contributed by atoms with Crippen molar-refractivity contribution in [2.24, 2.45) is 5.41 Å². The van der Waals surface area contributed by atoms with Gasteiger partial charge in [-0.1, -0.05) is 0 Å². The van der Waals surface area contributed by atoms with Crippen LogP contribution in [-0.2, 0) is 0 Å². The fourth-order valence-corrected chi connectivity index (χ4v) is 4.90. The minimum atomic E-state index is -2.73. The molecule has 2 fully saturated rings. The molecule has 0 bridgehead atoms. The number of fused-ring (bicyclic) bond motifs is 2. The summed E-state index contributed by atoms with van der Waals surface area (Å²) in [7, 11) is 0. The lowest BCUT2D eigenvalue weighted by molar-refractivity contribution is 0.152. The summed E-state index contributed by atoms with van der Waals surface area (Å²) in [6.07, 6.45) is 1.90. The Balaban J connectivity index is 1.42. The van der Waals surface area contributed by atoms with Crippen molar-refractivity contribution in [3.8, 4) is 11.3 Å². The molecule has 4 aromatic rings. The van der Waals surface area contributed by atoms with Crippen molar-refractivity contribution in [3.63, 3.8) is 0 Å². The average molecular weight is 427 g/mol. The fourth-order valence-electron chi connectivity index (χ4n) is 4.90. The Kier molecular flexibility index (Phi) is 3.92. The summed E-state index contributed by atoms with van der Waals surface area (Å²) in [4.78, 5) is 5.75. The quantitative estimate of drug-likeness (QED) is 0.538. The number of rotatable bonds is 3. The Morgan fingerprint density at radius 1 is 1.16 bits per heavy atom. The number of alkyl halides is 2. The number of imidazole rings is 1. The van der Waals surface area contributed by atoms with Gasteiger partial charge in [0.15, 0.2) is 11.5 Å². The van der Waals surface area contributed by atoms with Crippen molar-refractivity contribution >= 4 is 16.7 Å². The number of aryl methyl sites for hydroxylation is 1. The van der Waals surface area contributed by atoms with E-state index < -0.39 is 12.2 Å². The minimum absolute atomic E-state index is 0.101. The van der Waals surface area contributed by atoms with Gasteiger partial charge < -0.3 is 5.32 Å². The van der Waals surface area contributed by atoms with Gasteiger partial charge in [-0.15, -0.1) is 5.10 Å². The van der Waals surface area contributed by atoms with Crippen LogP contribution in [0.1, 0.15) is 43.0 Å². The monoisotopic (exact) mass is 427 g/mol. The third-order valence-electron chi connectivity index (χ3n) is 6.56. The van der Waals surface area contributed by atoms with E-state index in [-0.39, 0.29) is 28.5 Å². The molecule has 1 N–H and O–H groups in total. The van der Waals surface area contributed by atoms with Crippen LogP contribution in [0.5, 0.6) is 0 Å². The van der Waals surface area contributed by atoms with E-state index >= 15 is 0 Å². The lowest BCUT2D eigenvalue weighted by Crippen LogP contribution is -2.51. The number of nitrogens with one attached hydrogen (secondary N) is 1. The molecule has 160 valence electrons. The van der Waals surface area contributed by atoms with Gasteiger partial charge in [-0.2, -0.15) is 15.0 Å². The average Bonchev–Trinajstić information content (AvgIpc) is 3.41. The number of nitrogens with zero attached hydrogens (tertiary/aromatic N) is 6. The Morgan fingerprint density at radius 3 is 2.71 bits per heavy atom. The lowest BCUT2D eigenvalue weighted by Gasteiger charge is -2.39. The summed E-state index contributed by atoms with van der Waals surface area (Å²) in [5.74, 6) is -0.543. The van der Waals surface area contributed by atoms with Gasteiger partial charge in [-0.3, -0.25) is 0 Å². The molecule has 1 aliphatic heterocycles. The maximum absolute atomic E-state index is 14.9. The standard InChI is InChI=1S/C21H20F3N7/c1-11-8-30-20(26-11)14(19(23)24)6-16(27-30)12-4-15(22)18-17(5-12)28-31(29-18)13-2-3-21(7-13)9-25-10-21/h4-6,8,13,19,25H,2-3,7,9-10H2,1H3/t13-/m1/s1. The van der Waals surface area contributed by atoms with E-state index in [1.54, 1.807) is 24.0 Å². The highest BCUT2D eigenvalue weighted by molar-refractivity contribution is 5.81. The lowest BCUT2D eigenvalue weighted by atomic mass is 9.80. The molecule has 10 heteroatoms. The van der Waals surface area contributed by atoms with Gasteiger partial charge in [-0.05, 0) is 49.8 Å². The van der Waals surface area contributed by atoms with Crippen LogP contribution in [0, 0.1) is 18.2 Å². The summed E-state index contributed by atoms with van der Waals surface area (Å²) in [6.45, 7) is 3.73. The van der Waals surface area contributed by atoms with Gasteiger partial charge in [0, 0.05) is 18.7 Å². The largest absolute Gasteiger partial charge is 0.316 e. The zero-order valence-corrected chi connectivity index (χ0v) is 16.8. The fraction of sp³-hybridized carbons (Fsp3) is 0.429. The van der Waals surface area contributed by atoms with E-state index in [1.807, 2.05) is 0 Å². The summed E-state index contributed by atoms with van der Waals surface area (Å²) < 4.78 is 43.5. The van der Waals surface area contributed by atoms with Gasteiger partial charge >= 0.3 is 0 Å². The molecule has 1 aliphatic carbocycles. The van der Waals surface area contributed by atoms with E-state index in [1.165, 1.54) is 16.6 Å². The molecule has 1 atom stereocenters. The molecule has 1 aromatic carbocycles. The highest BCUT2D eigenvalue weighted by Crippen LogP contribution is 2.46. The van der Waals surface area contributed by atoms with Crippen molar-refractivity contribution in [1.29, 1.82) is 0 Å². The third-order valence-corrected chi connectivity index (χ3v) is 6.56. The number of hydrogen-bond acceptors (Lipinski definition) is 5.